The van der Waals surface area contributed by atoms with Gasteiger partial charge in [-0.25, -0.2) is 4.98 Å². The molecule has 0 fully saturated rings. The van der Waals surface area contributed by atoms with Crippen molar-refractivity contribution in [3.8, 4) is 0 Å². The lowest BCUT2D eigenvalue weighted by molar-refractivity contribution is 0.0945. The van der Waals surface area contributed by atoms with E-state index in [4.69, 9.17) is 11.6 Å². The molecule has 2 heterocycles. The molecule has 0 bridgehead atoms. The Kier molecular flexibility index (Phi) is 5.78. The highest BCUT2D eigenvalue weighted by molar-refractivity contribution is 6.31. The highest BCUT2D eigenvalue weighted by Crippen LogP contribution is 2.20. The first-order valence-corrected chi connectivity index (χ1v) is 8.63. The van der Waals surface area contributed by atoms with E-state index in [0.29, 0.717) is 10.7 Å². The fourth-order valence-electron chi connectivity index (χ4n) is 2.37. The third-order valence-corrected chi connectivity index (χ3v) is 4.05. The van der Waals surface area contributed by atoms with Gasteiger partial charge >= 0.3 is 0 Å². The van der Waals surface area contributed by atoms with Crippen LogP contribution in [0.5, 0.6) is 0 Å². The van der Waals surface area contributed by atoms with Gasteiger partial charge in [-0.1, -0.05) is 29.8 Å². The highest BCUT2D eigenvalue weighted by atomic mass is 35.5. The van der Waals surface area contributed by atoms with Crippen molar-refractivity contribution in [2.24, 2.45) is 0 Å². The van der Waals surface area contributed by atoms with Gasteiger partial charge in [0.1, 0.15) is 11.4 Å². The smallest absolute Gasteiger partial charge is 0.274 e. The normalized spacial score (nSPS) is 10.3. The largest absolute Gasteiger partial charge is 0.345 e. The number of hydrogen-bond acceptors (Lipinski definition) is 4. The highest BCUT2D eigenvalue weighted by Gasteiger charge is 2.13. The summed E-state index contributed by atoms with van der Waals surface area (Å²) in [6.07, 6.45) is 1.66. The number of aryl methyl sites for hydroxylation is 1. The Labute approximate surface area is 161 Å². The van der Waals surface area contributed by atoms with Crippen LogP contribution in [-0.2, 0) is 6.54 Å². The molecule has 3 rings (SSSR count). The minimum Gasteiger partial charge on any atom is -0.345 e. The van der Waals surface area contributed by atoms with Gasteiger partial charge in [-0.2, -0.15) is 0 Å². The number of benzene rings is 1. The molecule has 7 heteroatoms. The molecule has 3 aromatic rings. The van der Waals surface area contributed by atoms with Crippen LogP contribution >= 0.6 is 11.6 Å². The van der Waals surface area contributed by atoms with Crippen LogP contribution in [0.4, 0.5) is 5.69 Å². The predicted molar refractivity (Wildman–Crippen MR) is 104 cm³/mol. The molecule has 0 spiro atoms. The van der Waals surface area contributed by atoms with E-state index in [1.165, 1.54) is 0 Å². The summed E-state index contributed by atoms with van der Waals surface area (Å²) in [7, 11) is 0. The van der Waals surface area contributed by atoms with Gasteiger partial charge in [0.15, 0.2) is 0 Å². The third kappa shape index (κ3) is 4.89. The molecule has 0 aliphatic carbocycles. The van der Waals surface area contributed by atoms with Crippen molar-refractivity contribution in [1.29, 1.82) is 0 Å². The molecule has 0 saturated carbocycles. The second-order valence-electron chi connectivity index (χ2n) is 5.83. The zero-order chi connectivity index (χ0) is 19.2. The summed E-state index contributed by atoms with van der Waals surface area (Å²) in [5.41, 5.74) is 2.49. The van der Waals surface area contributed by atoms with Crippen LogP contribution in [0.2, 0.25) is 5.02 Å². The Balaban J connectivity index is 1.69. The fraction of sp³-hybridized carbons (Fsp3) is 0.100. The molecule has 0 atom stereocenters. The number of nitrogens with one attached hydrogen (secondary N) is 2. The van der Waals surface area contributed by atoms with E-state index < -0.39 is 5.91 Å². The second kappa shape index (κ2) is 8.42. The quantitative estimate of drug-likeness (QED) is 0.708. The van der Waals surface area contributed by atoms with Gasteiger partial charge in [0.05, 0.1) is 12.2 Å². The Hall–Kier alpha value is -3.25. The summed E-state index contributed by atoms with van der Waals surface area (Å²) in [6, 6.07) is 15.4. The van der Waals surface area contributed by atoms with Crippen LogP contribution in [-0.4, -0.2) is 21.8 Å². The fourth-order valence-corrected chi connectivity index (χ4v) is 2.54. The Bertz CT molecular complexity index is 977. The van der Waals surface area contributed by atoms with E-state index in [2.05, 4.69) is 20.6 Å². The average molecular weight is 381 g/mol. The summed E-state index contributed by atoms with van der Waals surface area (Å²) < 4.78 is 0. The molecule has 1 aromatic carbocycles. The van der Waals surface area contributed by atoms with Crippen molar-refractivity contribution < 1.29 is 9.59 Å². The molecule has 0 aliphatic rings. The number of pyridine rings is 2. The number of amides is 2. The third-order valence-electron chi connectivity index (χ3n) is 3.82. The van der Waals surface area contributed by atoms with Gasteiger partial charge in [-0.15, -0.1) is 0 Å². The maximum Gasteiger partial charge on any atom is 0.274 e. The Morgan fingerprint density at radius 3 is 2.52 bits per heavy atom. The van der Waals surface area contributed by atoms with Crippen molar-refractivity contribution in [3.05, 3.63) is 88.5 Å². The maximum atomic E-state index is 12.5. The van der Waals surface area contributed by atoms with E-state index in [1.54, 1.807) is 42.6 Å². The molecule has 6 nitrogen and oxygen atoms in total. The number of nitrogens with zero attached hydrogens (tertiary/aromatic N) is 2. The van der Waals surface area contributed by atoms with Crippen LogP contribution in [0.25, 0.3) is 0 Å². The molecular weight excluding hydrogens is 364 g/mol. The number of carbonyl (C=O) groups excluding carboxylic acids is 2. The van der Waals surface area contributed by atoms with Crippen LogP contribution in [0.15, 0.2) is 60.8 Å². The first-order chi connectivity index (χ1) is 13.0. The molecule has 2 N–H and O–H groups in total. The summed E-state index contributed by atoms with van der Waals surface area (Å²) in [4.78, 5) is 33.1. The van der Waals surface area contributed by atoms with Crippen LogP contribution in [0.3, 0.4) is 0 Å². The minimum absolute atomic E-state index is 0.139. The first kappa shape index (κ1) is 18.5. The minimum atomic E-state index is -0.417. The van der Waals surface area contributed by atoms with Gasteiger partial charge in [0, 0.05) is 16.9 Å². The van der Waals surface area contributed by atoms with E-state index in [0.717, 1.165) is 11.3 Å². The van der Waals surface area contributed by atoms with E-state index in [-0.39, 0.29) is 23.8 Å². The summed E-state index contributed by atoms with van der Waals surface area (Å²) in [5, 5.41) is 6.02. The Morgan fingerprint density at radius 1 is 1.00 bits per heavy atom. The lowest BCUT2D eigenvalue weighted by Crippen LogP contribution is -2.25. The lowest BCUT2D eigenvalue weighted by Gasteiger charge is -2.09. The first-order valence-electron chi connectivity index (χ1n) is 8.25. The topological polar surface area (TPSA) is 84.0 Å². The van der Waals surface area contributed by atoms with Gasteiger partial charge in [0.2, 0.25) is 0 Å². The molecule has 2 aromatic heterocycles. The SMILES string of the molecule is Cc1ccc(Cl)cc1NC(=O)c1cccc(C(=O)NCc2ccccn2)n1. The van der Waals surface area contributed by atoms with Gasteiger partial charge in [-0.3, -0.25) is 14.6 Å². The number of rotatable bonds is 5. The van der Waals surface area contributed by atoms with Gasteiger partial charge in [-0.05, 0) is 48.9 Å². The molecule has 0 aliphatic heterocycles. The van der Waals surface area contributed by atoms with E-state index in [1.807, 2.05) is 25.1 Å². The number of carbonyl (C=O) groups is 2. The Morgan fingerprint density at radius 2 is 1.78 bits per heavy atom. The molecular formula is C20H17ClN4O2. The number of halogens is 1. The van der Waals surface area contributed by atoms with Crippen LogP contribution in [0.1, 0.15) is 32.2 Å². The molecule has 0 radical (unpaired) electrons. The number of anilines is 1. The number of hydrogen-bond donors (Lipinski definition) is 2. The van der Waals surface area contributed by atoms with Crippen LogP contribution in [0, 0.1) is 6.92 Å². The standard InChI is InChI=1S/C20H17ClN4O2/c1-13-8-9-14(21)11-18(13)25-20(27)17-7-4-6-16(24-17)19(26)23-12-15-5-2-3-10-22-15/h2-11H,12H2,1H3,(H,23,26)(H,25,27). The van der Waals surface area contributed by atoms with Gasteiger partial charge < -0.3 is 10.6 Å². The molecule has 0 unspecified atom stereocenters. The monoisotopic (exact) mass is 380 g/mol. The summed E-state index contributed by atoms with van der Waals surface area (Å²) in [5.74, 6) is -0.797. The van der Waals surface area contributed by atoms with Crippen molar-refractivity contribution >= 4 is 29.1 Å². The molecule has 27 heavy (non-hydrogen) atoms. The van der Waals surface area contributed by atoms with Crippen molar-refractivity contribution in [2.45, 2.75) is 13.5 Å². The molecule has 136 valence electrons. The average Bonchev–Trinajstić information content (AvgIpc) is 2.69. The van der Waals surface area contributed by atoms with E-state index in [9.17, 15) is 9.59 Å². The van der Waals surface area contributed by atoms with Crippen molar-refractivity contribution in [3.63, 3.8) is 0 Å². The number of aromatic nitrogens is 2. The van der Waals surface area contributed by atoms with Gasteiger partial charge in [0.25, 0.3) is 11.8 Å². The molecule has 2 amide bonds. The van der Waals surface area contributed by atoms with Crippen LogP contribution < -0.4 is 10.6 Å². The zero-order valence-electron chi connectivity index (χ0n) is 14.6. The van der Waals surface area contributed by atoms with Crippen molar-refractivity contribution in [1.82, 2.24) is 15.3 Å². The maximum absolute atomic E-state index is 12.5. The second-order valence-corrected chi connectivity index (χ2v) is 6.26. The summed E-state index contributed by atoms with van der Waals surface area (Å²) >= 11 is 5.97. The molecule has 0 saturated heterocycles. The van der Waals surface area contributed by atoms with Crippen molar-refractivity contribution in [2.75, 3.05) is 5.32 Å². The summed E-state index contributed by atoms with van der Waals surface area (Å²) in [6.45, 7) is 2.14. The predicted octanol–water partition coefficient (Wildman–Crippen LogP) is 3.62. The van der Waals surface area contributed by atoms with E-state index >= 15 is 0 Å². The zero-order valence-corrected chi connectivity index (χ0v) is 15.3. The lowest BCUT2D eigenvalue weighted by atomic mass is 10.2.